The zero-order valence-electron chi connectivity index (χ0n) is 19.7. The maximum Gasteiger partial charge on any atom is 0.281 e. The standard InChI is InChI=1S/C25H40N2O3S/c1-24(2)16-20(17-25(3,4)18-24)21-7-5-6-8-22(21)26-11-13-27(14-12-26)23(31(28,29)30)15-19-9-10-19/h5-8,19-20,23H,9-18H2,1-4H3,(H,28,29,30). The molecule has 0 aromatic heterocycles. The van der Waals surface area contributed by atoms with Crippen LogP contribution in [0, 0.1) is 16.7 Å². The second-order valence-electron chi connectivity index (χ2n) is 11.8. The Morgan fingerprint density at radius 1 is 1.00 bits per heavy atom. The van der Waals surface area contributed by atoms with Gasteiger partial charge in [0.15, 0.2) is 0 Å². The van der Waals surface area contributed by atoms with Crippen molar-refractivity contribution in [2.75, 3.05) is 31.1 Å². The zero-order valence-corrected chi connectivity index (χ0v) is 20.5. The van der Waals surface area contributed by atoms with Gasteiger partial charge in [-0.1, -0.05) is 58.7 Å². The molecule has 5 nitrogen and oxygen atoms in total. The van der Waals surface area contributed by atoms with E-state index in [2.05, 4.69) is 56.9 Å². The van der Waals surface area contributed by atoms with Crippen LogP contribution in [-0.2, 0) is 10.1 Å². The molecule has 1 saturated heterocycles. The molecule has 174 valence electrons. The van der Waals surface area contributed by atoms with Crippen LogP contribution in [-0.4, -0.2) is 49.4 Å². The predicted octanol–water partition coefficient (Wildman–Crippen LogP) is 5.14. The molecule has 4 rings (SSSR count). The van der Waals surface area contributed by atoms with Gasteiger partial charge in [-0.25, -0.2) is 0 Å². The lowest BCUT2D eigenvalue weighted by atomic mass is 9.60. The predicted molar refractivity (Wildman–Crippen MR) is 127 cm³/mol. The highest BCUT2D eigenvalue weighted by atomic mass is 32.2. The molecule has 3 aliphatic rings. The Bertz CT molecular complexity index is 868. The maximum absolute atomic E-state index is 12.0. The fourth-order valence-corrected chi connectivity index (χ4v) is 7.64. The molecule has 0 bridgehead atoms. The van der Waals surface area contributed by atoms with Crippen molar-refractivity contribution in [2.45, 2.75) is 77.5 Å². The summed E-state index contributed by atoms with van der Waals surface area (Å²) in [5, 5.41) is -0.739. The number of hydrogen-bond donors (Lipinski definition) is 1. The smallest absolute Gasteiger partial charge is 0.281 e. The van der Waals surface area contributed by atoms with E-state index in [0.29, 0.717) is 42.2 Å². The number of nitrogens with zero attached hydrogens (tertiary/aromatic N) is 2. The molecule has 0 radical (unpaired) electrons. The van der Waals surface area contributed by atoms with Crippen LogP contribution in [0.1, 0.15) is 77.7 Å². The minimum absolute atomic E-state index is 0.337. The molecular formula is C25H40N2O3S. The molecule has 1 unspecified atom stereocenters. The first-order chi connectivity index (χ1) is 14.4. The van der Waals surface area contributed by atoms with E-state index in [1.165, 1.54) is 30.5 Å². The molecule has 1 aromatic rings. The molecule has 1 aromatic carbocycles. The summed E-state index contributed by atoms with van der Waals surface area (Å²) in [6.45, 7) is 12.5. The summed E-state index contributed by atoms with van der Waals surface area (Å²) in [4.78, 5) is 4.41. The summed E-state index contributed by atoms with van der Waals surface area (Å²) < 4.78 is 33.9. The Hall–Kier alpha value is -1.11. The van der Waals surface area contributed by atoms with Crippen LogP contribution in [0.2, 0.25) is 0 Å². The Morgan fingerprint density at radius 2 is 1.58 bits per heavy atom. The normalized spacial score (nSPS) is 26.0. The SMILES string of the molecule is CC1(C)CC(c2ccccc2N2CCN(C(CC3CC3)S(=O)(=O)O)CC2)CC(C)(C)C1. The second-order valence-corrected chi connectivity index (χ2v) is 13.4. The van der Waals surface area contributed by atoms with Crippen molar-refractivity contribution in [1.82, 2.24) is 4.90 Å². The molecule has 1 aliphatic heterocycles. The summed E-state index contributed by atoms with van der Waals surface area (Å²) in [5.74, 6) is 1.01. The van der Waals surface area contributed by atoms with Crippen molar-refractivity contribution in [3.05, 3.63) is 29.8 Å². The highest BCUT2D eigenvalue weighted by Gasteiger charge is 2.41. The summed E-state index contributed by atoms with van der Waals surface area (Å²) in [6, 6.07) is 8.83. The van der Waals surface area contributed by atoms with E-state index in [4.69, 9.17) is 0 Å². The molecule has 2 aliphatic carbocycles. The van der Waals surface area contributed by atoms with E-state index in [0.717, 1.165) is 25.9 Å². The van der Waals surface area contributed by atoms with Gasteiger partial charge < -0.3 is 4.90 Å². The van der Waals surface area contributed by atoms with E-state index < -0.39 is 15.5 Å². The van der Waals surface area contributed by atoms with Gasteiger partial charge in [0.1, 0.15) is 5.37 Å². The number of rotatable bonds is 6. The van der Waals surface area contributed by atoms with E-state index in [1.54, 1.807) is 0 Å². The number of para-hydroxylation sites is 1. The summed E-state index contributed by atoms with van der Waals surface area (Å²) in [7, 11) is -4.05. The van der Waals surface area contributed by atoms with Crippen LogP contribution in [0.3, 0.4) is 0 Å². The Labute approximate surface area is 188 Å². The van der Waals surface area contributed by atoms with Crippen molar-refractivity contribution in [3.8, 4) is 0 Å². The van der Waals surface area contributed by atoms with E-state index in [9.17, 15) is 13.0 Å². The molecule has 0 spiro atoms. The minimum atomic E-state index is -4.05. The molecule has 1 heterocycles. The third-order valence-corrected chi connectivity index (χ3v) is 8.75. The van der Waals surface area contributed by atoms with Gasteiger partial charge in [-0.05, 0) is 60.0 Å². The fourth-order valence-electron chi connectivity index (χ4n) is 6.54. The van der Waals surface area contributed by atoms with Crippen LogP contribution < -0.4 is 4.90 Å². The first-order valence-electron chi connectivity index (χ1n) is 12.0. The van der Waals surface area contributed by atoms with Crippen LogP contribution in [0.25, 0.3) is 0 Å². The topological polar surface area (TPSA) is 60.9 Å². The Balaban J connectivity index is 1.49. The largest absolute Gasteiger partial charge is 0.369 e. The third-order valence-electron chi connectivity index (χ3n) is 7.57. The van der Waals surface area contributed by atoms with E-state index >= 15 is 0 Å². The van der Waals surface area contributed by atoms with Crippen LogP contribution in [0.5, 0.6) is 0 Å². The molecular weight excluding hydrogens is 408 g/mol. The van der Waals surface area contributed by atoms with Crippen LogP contribution >= 0.6 is 0 Å². The first-order valence-corrected chi connectivity index (χ1v) is 13.5. The number of anilines is 1. The molecule has 0 amide bonds. The lowest BCUT2D eigenvalue weighted by Gasteiger charge is -2.46. The van der Waals surface area contributed by atoms with Gasteiger partial charge in [0.05, 0.1) is 0 Å². The summed E-state index contributed by atoms with van der Waals surface area (Å²) in [6.07, 6.45) is 6.43. The zero-order chi connectivity index (χ0) is 22.4. The highest BCUT2D eigenvalue weighted by Crippen LogP contribution is 2.53. The van der Waals surface area contributed by atoms with Gasteiger partial charge in [-0.15, -0.1) is 0 Å². The van der Waals surface area contributed by atoms with Gasteiger partial charge in [-0.2, -0.15) is 8.42 Å². The third kappa shape index (κ3) is 5.63. The van der Waals surface area contributed by atoms with Gasteiger partial charge in [0.25, 0.3) is 10.1 Å². The Kier molecular flexibility index (Phi) is 6.21. The monoisotopic (exact) mass is 448 g/mol. The number of hydrogen-bond acceptors (Lipinski definition) is 4. The first kappa shape index (κ1) is 23.1. The van der Waals surface area contributed by atoms with Crippen molar-refractivity contribution >= 4 is 15.8 Å². The van der Waals surface area contributed by atoms with Crippen LogP contribution in [0.4, 0.5) is 5.69 Å². The number of benzene rings is 1. The van der Waals surface area contributed by atoms with Gasteiger partial charge in [-0.3, -0.25) is 9.45 Å². The van der Waals surface area contributed by atoms with Gasteiger partial charge >= 0.3 is 0 Å². The molecule has 1 atom stereocenters. The van der Waals surface area contributed by atoms with Crippen LogP contribution in [0.15, 0.2) is 24.3 Å². The maximum atomic E-state index is 12.0. The average Bonchev–Trinajstić information content (AvgIpc) is 3.47. The fraction of sp³-hybridized carbons (Fsp3) is 0.760. The molecule has 1 N–H and O–H groups in total. The van der Waals surface area contributed by atoms with Gasteiger partial charge in [0, 0.05) is 31.9 Å². The van der Waals surface area contributed by atoms with E-state index in [1.807, 2.05) is 4.90 Å². The second kappa shape index (κ2) is 8.35. The summed E-state index contributed by atoms with van der Waals surface area (Å²) >= 11 is 0. The number of piperazine rings is 1. The minimum Gasteiger partial charge on any atom is -0.369 e. The van der Waals surface area contributed by atoms with Crippen molar-refractivity contribution in [2.24, 2.45) is 16.7 Å². The molecule has 2 saturated carbocycles. The van der Waals surface area contributed by atoms with Crippen molar-refractivity contribution < 1.29 is 13.0 Å². The highest BCUT2D eigenvalue weighted by molar-refractivity contribution is 7.86. The lowest BCUT2D eigenvalue weighted by Crippen LogP contribution is -2.53. The molecule has 31 heavy (non-hydrogen) atoms. The lowest BCUT2D eigenvalue weighted by molar-refractivity contribution is 0.0969. The average molecular weight is 449 g/mol. The Morgan fingerprint density at radius 3 is 2.13 bits per heavy atom. The quantitative estimate of drug-likeness (QED) is 0.611. The van der Waals surface area contributed by atoms with Crippen molar-refractivity contribution in [3.63, 3.8) is 0 Å². The molecule has 6 heteroatoms. The molecule has 3 fully saturated rings. The van der Waals surface area contributed by atoms with Gasteiger partial charge in [0.2, 0.25) is 0 Å². The summed E-state index contributed by atoms with van der Waals surface area (Å²) in [5.41, 5.74) is 3.43. The van der Waals surface area contributed by atoms with Crippen molar-refractivity contribution in [1.29, 1.82) is 0 Å². The van der Waals surface area contributed by atoms with E-state index in [-0.39, 0.29) is 0 Å².